The van der Waals surface area contributed by atoms with Gasteiger partial charge in [0.25, 0.3) is 0 Å². The molecule has 1 aromatic heterocycles. The first-order valence-corrected chi connectivity index (χ1v) is 9.03. The van der Waals surface area contributed by atoms with E-state index in [1.54, 1.807) is 12.3 Å². The standard InChI is InChI=1S/C13H22N2O3S2/c1-10-8-19-11(7-16)12(10)20(17,18)14-9-13(15(2)3)5-4-6-13/h8,14,16H,4-7,9H2,1-3H3. The average Bonchev–Trinajstić information content (AvgIpc) is 2.69. The van der Waals surface area contributed by atoms with Crippen molar-refractivity contribution in [3.05, 3.63) is 15.8 Å². The van der Waals surface area contributed by atoms with Crippen LogP contribution in [-0.2, 0) is 16.6 Å². The second-order valence-corrected chi connectivity index (χ2v) is 8.29. The van der Waals surface area contributed by atoms with Crippen LogP contribution in [-0.4, -0.2) is 44.6 Å². The van der Waals surface area contributed by atoms with Crippen LogP contribution in [0.15, 0.2) is 10.3 Å². The quantitative estimate of drug-likeness (QED) is 0.830. The third-order valence-electron chi connectivity index (χ3n) is 4.23. The number of aliphatic hydroxyl groups excluding tert-OH is 1. The second-order valence-electron chi connectivity index (χ2n) is 5.63. The maximum absolute atomic E-state index is 12.5. The van der Waals surface area contributed by atoms with Crippen LogP contribution in [0, 0.1) is 6.92 Å². The van der Waals surface area contributed by atoms with Crippen molar-refractivity contribution in [1.29, 1.82) is 0 Å². The number of hydrogen-bond donors (Lipinski definition) is 2. The van der Waals surface area contributed by atoms with E-state index in [9.17, 15) is 13.5 Å². The van der Waals surface area contributed by atoms with Crippen LogP contribution in [0.3, 0.4) is 0 Å². The highest BCUT2D eigenvalue weighted by Gasteiger charge is 2.40. The summed E-state index contributed by atoms with van der Waals surface area (Å²) in [4.78, 5) is 2.85. The van der Waals surface area contributed by atoms with E-state index in [0.29, 0.717) is 17.0 Å². The first kappa shape index (κ1) is 15.9. The van der Waals surface area contributed by atoms with Crippen LogP contribution in [0.5, 0.6) is 0 Å². The zero-order valence-corrected chi connectivity index (χ0v) is 13.8. The molecule has 114 valence electrons. The van der Waals surface area contributed by atoms with Gasteiger partial charge in [-0.3, -0.25) is 0 Å². The number of sulfonamides is 1. The first-order valence-electron chi connectivity index (χ1n) is 6.67. The lowest BCUT2D eigenvalue weighted by molar-refractivity contribution is 0.0656. The molecular formula is C13H22N2O3S2. The highest BCUT2D eigenvalue weighted by molar-refractivity contribution is 7.89. The Morgan fingerprint density at radius 1 is 1.45 bits per heavy atom. The van der Waals surface area contributed by atoms with E-state index in [0.717, 1.165) is 19.3 Å². The van der Waals surface area contributed by atoms with Crippen LogP contribution in [0.4, 0.5) is 0 Å². The van der Waals surface area contributed by atoms with E-state index >= 15 is 0 Å². The Labute approximate surface area is 124 Å². The van der Waals surface area contributed by atoms with Crippen molar-refractivity contribution >= 4 is 21.4 Å². The summed E-state index contributed by atoms with van der Waals surface area (Å²) in [5.74, 6) is 0. The number of aryl methyl sites for hydroxylation is 1. The molecule has 0 saturated heterocycles. The van der Waals surface area contributed by atoms with Crippen LogP contribution in [0.1, 0.15) is 29.7 Å². The molecule has 0 bridgehead atoms. The largest absolute Gasteiger partial charge is 0.391 e. The maximum atomic E-state index is 12.5. The molecule has 0 aromatic carbocycles. The van der Waals surface area contributed by atoms with Crippen LogP contribution in [0.25, 0.3) is 0 Å². The number of thiophene rings is 1. The molecule has 1 heterocycles. The van der Waals surface area contributed by atoms with E-state index in [1.807, 2.05) is 14.1 Å². The smallest absolute Gasteiger partial charge is 0.242 e. The molecule has 0 radical (unpaired) electrons. The molecule has 1 aliphatic rings. The molecule has 1 saturated carbocycles. The van der Waals surface area contributed by atoms with E-state index < -0.39 is 10.0 Å². The Morgan fingerprint density at radius 2 is 2.10 bits per heavy atom. The molecule has 2 rings (SSSR count). The van der Waals surface area contributed by atoms with Crippen molar-refractivity contribution in [2.24, 2.45) is 0 Å². The molecule has 1 fully saturated rings. The number of likely N-dealkylation sites (N-methyl/N-ethyl adjacent to an activating group) is 1. The molecule has 0 unspecified atom stereocenters. The number of nitrogens with one attached hydrogen (secondary N) is 1. The molecule has 5 nitrogen and oxygen atoms in total. The fourth-order valence-electron chi connectivity index (χ4n) is 2.63. The third kappa shape index (κ3) is 2.78. The Morgan fingerprint density at radius 3 is 2.55 bits per heavy atom. The van der Waals surface area contributed by atoms with E-state index in [-0.39, 0.29) is 17.0 Å². The Hall–Kier alpha value is -0.470. The maximum Gasteiger partial charge on any atom is 0.242 e. The Kier molecular flexibility index (Phi) is 4.56. The lowest BCUT2D eigenvalue weighted by atomic mass is 9.76. The third-order valence-corrected chi connectivity index (χ3v) is 7.07. The summed E-state index contributed by atoms with van der Waals surface area (Å²) in [6.45, 7) is 1.94. The van der Waals surface area contributed by atoms with Crippen molar-refractivity contribution in [3.8, 4) is 0 Å². The molecule has 1 aliphatic carbocycles. The summed E-state index contributed by atoms with van der Waals surface area (Å²) in [7, 11) is 0.418. The van der Waals surface area contributed by atoms with Crippen LogP contribution < -0.4 is 4.72 Å². The number of nitrogens with zero attached hydrogens (tertiary/aromatic N) is 1. The van der Waals surface area contributed by atoms with Gasteiger partial charge in [0, 0.05) is 12.1 Å². The van der Waals surface area contributed by atoms with Gasteiger partial charge < -0.3 is 10.0 Å². The van der Waals surface area contributed by atoms with Crippen molar-refractivity contribution < 1.29 is 13.5 Å². The number of aliphatic hydroxyl groups is 1. The van der Waals surface area contributed by atoms with Gasteiger partial charge in [-0.15, -0.1) is 11.3 Å². The van der Waals surface area contributed by atoms with Crippen molar-refractivity contribution in [1.82, 2.24) is 9.62 Å². The highest BCUT2D eigenvalue weighted by atomic mass is 32.2. The lowest BCUT2D eigenvalue weighted by Crippen LogP contribution is -2.57. The minimum atomic E-state index is -3.56. The van der Waals surface area contributed by atoms with Gasteiger partial charge in [0.05, 0.1) is 11.5 Å². The van der Waals surface area contributed by atoms with Crippen LogP contribution >= 0.6 is 11.3 Å². The van der Waals surface area contributed by atoms with Crippen LogP contribution in [0.2, 0.25) is 0 Å². The zero-order valence-electron chi connectivity index (χ0n) is 12.1. The lowest BCUT2D eigenvalue weighted by Gasteiger charge is -2.47. The Bertz CT molecular complexity index is 574. The number of rotatable bonds is 6. The van der Waals surface area contributed by atoms with Gasteiger partial charge in [0.1, 0.15) is 4.90 Å². The predicted molar refractivity (Wildman–Crippen MR) is 80.4 cm³/mol. The summed E-state index contributed by atoms with van der Waals surface area (Å²) < 4.78 is 27.7. The molecule has 2 N–H and O–H groups in total. The van der Waals surface area contributed by atoms with Gasteiger partial charge in [-0.1, -0.05) is 0 Å². The molecule has 0 amide bonds. The minimum absolute atomic E-state index is 0.0592. The second kappa shape index (κ2) is 5.73. The normalized spacial score (nSPS) is 18.2. The average molecular weight is 318 g/mol. The number of hydrogen-bond acceptors (Lipinski definition) is 5. The SMILES string of the molecule is Cc1csc(CO)c1S(=O)(=O)NCC1(N(C)C)CCC1. The van der Waals surface area contributed by atoms with Crippen molar-refractivity contribution in [3.63, 3.8) is 0 Å². The summed E-state index contributed by atoms with van der Waals surface area (Å²) in [6.07, 6.45) is 3.16. The predicted octanol–water partition coefficient (Wildman–Crippen LogP) is 1.31. The molecule has 7 heteroatoms. The minimum Gasteiger partial charge on any atom is -0.391 e. The molecule has 20 heavy (non-hydrogen) atoms. The highest BCUT2D eigenvalue weighted by Crippen LogP contribution is 2.36. The fraction of sp³-hybridized carbons (Fsp3) is 0.692. The molecular weight excluding hydrogens is 296 g/mol. The molecule has 0 atom stereocenters. The summed E-state index contributed by atoms with van der Waals surface area (Å²) in [5.41, 5.74) is 0.634. The Balaban J connectivity index is 2.18. The van der Waals surface area contributed by atoms with Crippen molar-refractivity contribution in [2.45, 2.75) is 43.2 Å². The molecule has 0 spiro atoms. The summed E-state index contributed by atoms with van der Waals surface area (Å²) in [5, 5.41) is 11.0. The summed E-state index contributed by atoms with van der Waals surface area (Å²) in [6, 6.07) is 0. The summed E-state index contributed by atoms with van der Waals surface area (Å²) >= 11 is 1.28. The van der Waals surface area contributed by atoms with E-state index in [4.69, 9.17) is 0 Å². The van der Waals surface area contributed by atoms with Gasteiger partial charge in [-0.05, 0) is 51.2 Å². The van der Waals surface area contributed by atoms with E-state index in [1.165, 1.54) is 11.3 Å². The van der Waals surface area contributed by atoms with E-state index in [2.05, 4.69) is 9.62 Å². The zero-order chi connectivity index (χ0) is 15.0. The topological polar surface area (TPSA) is 69.6 Å². The first-order chi connectivity index (χ1) is 9.32. The fourth-order valence-corrected chi connectivity index (χ4v) is 5.40. The van der Waals surface area contributed by atoms with Gasteiger partial charge in [-0.25, -0.2) is 13.1 Å². The van der Waals surface area contributed by atoms with Crippen molar-refractivity contribution in [2.75, 3.05) is 20.6 Å². The molecule has 1 aromatic rings. The molecule has 0 aliphatic heterocycles. The van der Waals surface area contributed by atoms with Gasteiger partial charge in [0.2, 0.25) is 10.0 Å². The van der Waals surface area contributed by atoms with Gasteiger partial charge in [-0.2, -0.15) is 0 Å². The van der Waals surface area contributed by atoms with Gasteiger partial charge >= 0.3 is 0 Å². The monoisotopic (exact) mass is 318 g/mol. The van der Waals surface area contributed by atoms with Gasteiger partial charge in [0.15, 0.2) is 0 Å².